The zero-order chi connectivity index (χ0) is 13.0. The van der Waals surface area contributed by atoms with Crippen LogP contribution in [0.15, 0.2) is 45.3 Å². The van der Waals surface area contributed by atoms with Crippen molar-refractivity contribution in [3.63, 3.8) is 0 Å². The summed E-state index contributed by atoms with van der Waals surface area (Å²) >= 11 is 4.97. The number of thiophene rings is 1. The Morgan fingerprint density at radius 1 is 1.44 bits per heavy atom. The lowest BCUT2D eigenvalue weighted by molar-refractivity contribution is 0.0955. The maximum atomic E-state index is 11.8. The summed E-state index contributed by atoms with van der Waals surface area (Å²) in [6.45, 7) is 2.02. The van der Waals surface area contributed by atoms with Crippen LogP contribution in [-0.2, 0) is 0 Å². The molecule has 1 N–H and O–H groups in total. The van der Waals surface area contributed by atoms with E-state index in [4.69, 9.17) is 0 Å². The van der Waals surface area contributed by atoms with Crippen molar-refractivity contribution in [3.8, 4) is 0 Å². The Balaban J connectivity index is 2.01. The van der Waals surface area contributed by atoms with Gasteiger partial charge in [-0.05, 0) is 36.6 Å². The van der Waals surface area contributed by atoms with Gasteiger partial charge in [0.2, 0.25) is 0 Å². The van der Waals surface area contributed by atoms with Crippen LogP contribution in [0.1, 0.15) is 20.8 Å². The van der Waals surface area contributed by atoms with Gasteiger partial charge in [0, 0.05) is 20.5 Å². The molecule has 1 aromatic carbocycles. The first-order chi connectivity index (χ1) is 8.66. The number of carbonyl (C=O) groups excluding carboxylic acids is 1. The number of hydrazone groups is 1. The standard InChI is InChI=1S/C13H11BrN2OS/c1-9-11(5-6-18-9)8-15-16-13(17)10-3-2-4-12(14)7-10/h2-8H,1H3,(H,16,17). The summed E-state index contributed by atoms with van der Waals surface area (Å²) in [6.07, 6.45) is 1.65. The number of nitrogens with one attached hydrogen (secondary N) is 1. The molecule has 0 saturated heterocycles. The van der Waals surface area contributed by atoms with Crippen LogP contribution < -0.4 is 5.43 Å². The minimum atomic E-state index is -0.222. The van der Waals surface area contributed by atoms with Gasteiger partial charge in [-0.1, -0.05) is 22.0 Å². The lowest BCUT2D eigenvalue weighted by Gasteiger charge is -1.99. The first kappa shape index (κ1) is 13.0. The summed E-state index contributed by atoms with van der Waals surface area (Å²) in [7, 11) is 0. The third-order valence-electron chi connectivity index (χ3n) is 2.36. The molecular formula is C13H11BrN2OS. The van der Waals surface area contributed by atoms with Gasteiger partial charge in [-0.3, -0.25) is 4.79 Å². The van der Waals surface area contributed by atoms with E-state index in [1.54, 1.807) is 29.7 Å². The molecule has 5 heteroatoms. The van der Waals surface area contributed by atoms with Gasteiger partial charge < -0.3 is 0 Å². The normalized spacial score (nSPS) is 10.8. The predicted octanol–water partition coefficient (Wildman–Crippen LogP) is 3.58. The molecule has 0 atom stereocenters. The molecule has 0 saturated carbocycles. The summed E-state index contributed by atoms with van der Waals surface area (Å²) in [4.78, 5) is 12.9. The number of hydrogen-bond acceptors (Lipinski definition) is 3. The molecule has 0 radical (unpaired) electrons. The maximum absolute atomic E-state index is 11.8. The monoisotopic (exact) mass is 322 g/mol. The molecule has 0 aliphatic heterocycles. The topological polar surface area (TPSA) is 41.5 Å². The van der Waals surface area contributed by atoms with Crippen LogP contribution in [0.5, 0.6) is 0 Å². The van der Waals surface area contributed by atoms with Gasteiger partial charge in [0.05, 0.1) is 6.21 Å². The van der Waals surface area contributed by atoms with Gasteiger partial charge in [0.15, 0.2) is 0 Å². The third-order valence-corrected chi connectivity index (χ3v) is 3.71. The Morgan fingerprint density at radius 2 is 2.28 bits per heavy atom. The minimum absolute atomic E-state index is 0.222. The van der Waals surface area contributed by atoms with Gasteiger partial charge in [-0.2, -0.15) is 5.10 Å². The molecule has 2 aromatic rings. The van der Waals surface area contributed by atoms with Gasteiger partial charge in [-0.25, -0.2) is 5.43 Å². The van der Waals surface area contributed by atoms with Gasteiger partial charge >= 0.3 is 0 Å². The molecule has 92 valence electrons. The molecule has 1 heterocycles. The number of aryl methyl sites for hydroxylation is 1. The SMILES string of the molecule is Cc1sccc1C=NNC(=O)c1cccc(Br)c1. The second-order valence-corrected chi connectivity index (χ2v) is 5.68. The average molecular weight is 323 g/mol. The molecule has 1 amide bonds. The predicted molar refractivity (Wildman–Crippen MR) is 78.3 cm³/mol. The number of nitrogens with zero attached hydrogens (tertiary/aromatic N) is 1. The quantitative estimate of drug-likeness (QED) is 0.681. The fourth-order valence-electron chi connectivity index (χ4n) is 1.38. The lowest BCUT2D eigenvalue weighted by Crippen LogP contribution is -2.17. The molecule has 0 unspecified atom stereocenters. The Kier molecular flexibility index (Phi) is 4.28. The van der Waals surface area contributed by atoms with Crippen molar-refractivity contribution in [1.29, 1.82) is 0 Å². The van der Waals surface area contributed by atoms with E-state index < -0.39 is 0 Å². The van der Waals surface area contributed by atoms with E-state index >= 15 is 0 Å². The highest BCUT2D eigenvalue weighted by Crippen LogP contribution is 2.13. The van der Waals surface area contributed by atoms with Crippen molar-refractivity contribution in [2.75, 3.05) is 0 Å². The van der Waals surface area contributed by atoms with E-state index in [0.717, 1.165) is 10.0 Å². The molecule has 0 spiro atoms. The number of hydrogen-bond donors (Lipinski definition) is 1. The zero-order valence-electron chi connectivity index (χ0n) is 9.68. The number of rotatable bonds is 3. The van der Waals surface area contributed by atoms with Crippen LogP contribution in [0.2, 0.25) is 0 Å². The molecule has 1 aromatic heterocycles. The minimum Gasteiger partial charge on any atom is -0.267 e. The Labute approximate surface area is 118 Å². The summed E-state index contributed by atoms with van der Waals surface area (Å²) in [6, 6.07) is 9.14. The van der Waals surface area contributed by atoms with Gasteiger partial charge in [0.25, 0.3) is 5.91 Å². The van der Waals surface area contributed by atoms with E-state index in [0.29, 0.717) is 5.56 Å². The molecular weight excluding hydrogens is 312 g/mol. The van der Waals surface area contributed by atoms with E-state index in [1.807, 2.05) is 30.5 Å². The lowest BCUT2D eigenvalue weighted by atomic mass is 10.2. The summed E-state index contributed by atoms with van der Waals surface area (Å²) in [5, 5.41) is 5.94. The Bertz CT molecular complexity index is 592. The molecule has 0 aliphatic carbocycles. The largest absolute Gasteiger partial charge is 0.271 e. The van der Waals surface area contributed by atoms with Crippen molar-refractivity contribution in [2.24, 2.45) is 5.10 Å². The third kappa shape index (κ3) is 3.27. The van der Waals surface area contributed by atoms with E-state index in [2.05, 4.69) is 26.5 Å². The van der Waals surface area contributed by atoms with Crippen molar-refractivity contribution < 1.29 is 4.79 Å². The van der Waals surface area contributed by atoms with Crippen molar-refractivity contribution in [1.82, 2.24) is 5.43 Å². The number of carbonyl (C=O) groups is 1. The molecule has 2 rings (SSSR count). The summed E-state index contributed by atoms with van der Waals surface area (Å²) in [5.74, 6) is -0.222. The Morgan fingerprint density at radius 3 is 2.94 bits per heavy atom. The average Bonchev–Trinajstić information content (AvgIpc) is 2.75. The van der Waals surface area contributed by atoms with Crippen molar-refractivity contribution >= 4 is 39.4 Å². The summed E-state index contributed by atoms with van der Waals surface area (Å²) in [5.41, 5.74) is 4.10. The fraction of sp³-hybridized carbons (Fsp3) is 0.0769. The van der Waals surface area contributed by atoms with Crippen LogP contribution in [0.4, 0.5) is 0 Å². The second kappa shape index (κ2) is 5.93. The second-order valence-electron chi connectivity index (χ2n) is 3.64. The van der Waals surface area contributed by atoms with E-state index in [9.17, 15) is 4.79 Å². The molecule has 3 nitrogen and oxygen atoms in total. The number of benzene rings is 1. The highest BCUT2D eigenvalue weighted by molar-refractivity contribution is 9.10. The Hall–Kier alpha value is -1.46. The molecule has 0 bridgehead atoms. The van der Waals surface area contributed by atoms with E-state index in [1.165, 1.54) is 4.88 Å². The van der Waals surface area contributed by atoms with Crippen LogP contribution in [0.3, 0.4) is 0 Å². The van der Waals surface area contributed by atoms with Crippen molar-refractivity contribution in [2.45, 2.75) is 6.92 Å². The fourth-order valence-corrected chi connectivity index (χ4v) is 2.46. The first-order valence-corrected chi connectivity index (χ1v) is 6.97. The highest BCUT2D eigenvalue weighted by atomic mass is 79.9. The first-order valence-electron chi connectivity index (χ1n) is 5.30. The van der Waals surface area contributed by atoms with Gasteiger partial charge in [-0.15, -0.1) is 11.3 Å². The molecule has 0 aliphatic rings. The van der Waals surface area contributed by atoms with Gasteiger partial charge in [0.1, 0.15) is 0 Å². The zero-order valence-corrected chi connectivity index (χ0v) is 12.1. The maximum Gasteiger partial charge on any atom is 0.271 e. The van der Waals surface area contributed by atoms with E-state index in [-0.39, 0.29) is 5.91 Å². The highest BCUT2D eigenvalue weighted by Gasteiger charge is 2.03. The smallest absolute Gasteiger partial charge is 0.267 e. The van der Waals surface area contributed by atoms with Crippen LogP contribution >= 0.6 is 27.3 Å². The van der Waals surface area contributed by atoms with Crippen LogP contribution in [-0.4, -0.2) is 12.1 Å². The van der Waals surface area contributed by atoms with Crippen LogP contribution in [0.25, 0.3) is 0 Å². The molecule has 18 heavy (non-hydrogen) atoms. The van der Waals surface area contributed by atoms with Crippen molar-refractivity contribution in [3.05, 3.63) is 56.2 Å². The molecule has 0 fully saturated rings. The summed E-state index contributed by atoms with van der Waals surface area (Å²) < 4.78 is 0.868. The number of halogens is 1. The van der Waals surface area contributed by atoms with Crippen LogP contribution in [0, 0.1) is 6.92 Å². The number of amides is 1.